The molecule has 8 nitrogen and oxygen atoms in total. The normalized spacial score (nSPS) is 11.7. The first-order valence-electron chi connectivity index (χ1n) is 7.78. The molecule has 2 aromatic carbocycles. The largest absolute Gasteiger partial charge is 0.449 e. The van der Waals surface area contributed by atoms with E-state index < -0.39 is 22.9 Å². The molecular formula is C18H15N3O5. The number of non-ortho nitro benzene ring substituents is 1. The first kappa shape index (κ1) is 17.2. The number of nitrogens with zero attached hydrogens (tertiary/aromatic N) is 1. The molecule has 0 aliphatic carbocycles. The lowest BCUT2D eigenvalue weighted by atomic mass is 10.2. The number of hydrogen-bond donors (Lipinski definition) is 2. The van der Waals surface area contributed by atoms with Crippen molar-refractivity contribution in [3.05, 3.63) is 70.4 Å². The highest BCUT2D eigenvalue weighted by molar-refractivity contribution is 6.05. The summed E-state index contributed by atoms with van der Waals surface area (Å²) in [7, 11) is 0. The minimum absolute atomic E-state index is 0.147. The molecule has 0 bridgehead atoms. The zero-order valence-electron chi connectivity index (χ0n) is 13.8. The van der Waals surface area contributed by atoms with E-state index in [9.17, 15) is 19.7 Å². The highest BCUT2D eigenvalue weighted by Gasteiger charge is 2.21. The summed E-state index contributed by atoms with van der Waals surface area (Å²) in [5, 5.41) is 14.0. The molecule has 0 fully saturated rings. The van der Waals surface area contributed by atoms with Crippen molar-refractivity contribution in [2.24, 2.45) is 0 Å². The summed E-state index contributed by atoms with van der Waals surface area (Å²) in [6.07, 6.45) is 0.452. The lowest BCUT2D eigenvalue weighted by molar-refractivity contribution is -0.384. The molecule has 3 aromatic rings. The number of aromatic amines is 1. The molecule has 0 aliphatic heterocycles. The lowest BCUT2D eigenvalue weighted by Crippen LogP contribution is -2.30. The minimum atomic E-state index is -1.07. The number of amides is 1. The van der Waals surface area contributed by atoms with Crippen LogP contribution in [0.5, 0.6) is 0 Å². The Kier molecular flexibility index (Phi) is 4.66. The fourth-order valence-corrected chi connectivity index (χ4v) is 2.46. The second kappa shape index (κ2) is 7.06. The number of aromatic nitrogens is 1. The number of anilines is 1. The van der Waals surface area contributed by atoms with Crippen LogP contribution in [-0.2, 0) is 9.53 Å². The summed E-state index contributed by atoms with van der Waals surface area (Å²) < 4.78 is 5.21. The lowest BCUT2D eigenvalue weighted by Gasteiger charge is -2.13. The second-order valence-corrected chi connectivity index (χ2v) is 5.59. The third-order valence-corrected chi connectivity index (χ3v) is 3.79. The molecule has 1 heterocycles. The van der Waals surface area contributed by atoms with Gasteiger partial charge < -0.3 is 15.0 Å². The van der Waals surface area contributed by atoms with Crippen LogP contribution in [0.3, 0.4) is 0 Å². The van der Waals surface area contributed by atoms with Gasteiger partial charge in [-0.25, -0.2) is 4.79 Å². The van der Waals surface area contributed by atoms with Gasteiger partial charge in [0.1, 0.15) is 0 Å². The van der Waals surface area contributed by atoms with Crippen molar-refractivity contribution in [1.82, 2.24) is 4.98 Å². The molecule has 1 aromatic heterocycles. The molecule has 0 saturated heterocycles. The average molecular weight is 353 g/mol. The third kappa shape index (κ3) is 3.54. The summed E-state index contributed by atoms with van der Waals surface area (Å²) in [6.45, 7) is 1.43. The summed E-state index contributed by atoms with van der Waals surface area (Å²) in [5.74, 6) is -1.22. The van der Waals surface area contributed by atoms with E-state index in [0.717, 1.165) is 5.52 Å². The number of fused-ring (bicyclic) bond motifs is 1. The average Bonchev–Trinajstić information content (AvgIpc) is 3.06. The summed E-state index contributed by atoms with van der Waals surface area (Å²) in [4.78, 5) is 37.7. The van der Waals surface area contributed by atoms with Gasteiger partial charge in [0.2, 0.25) is 0 Å². The van der Waals surface area contributed by atoms with Crippen molar-refractivity contribution < 1.29 is 19.2 Å². The van der Waals surface area contributed by atoms with Crippen LogP contribution in [0.15, 0.2) is 54.7 Å². The van der Waals surface area contributed by atoms with Crippen molar-refractivity contribution in [1.29, 1.82) is 0 Å². The van der Waals surface area contributed by atoms with E-state index in [0.29, 0.717) is 10.9 Å². The van der Waals surface area contributed by atoms with Gasteiger partial charge in [0.25, 0.3) is 11.6 Å². The van der Waals surface area contributed by atoms with Gasteiger partial charge in [0.05, 0.1) is 10.5 Å². The second-order valence-electron chi connectivity index (χ2n) is 5.59. The molecule has 26 heavy (non-hydrogen) atoms. The number of carbonyl (C=O) groups excluding carboxylic acids is 2. The van der Waals surface area contributed by atoms with Gasteiger partial charge in [-0.05, 0) is 19.1 Å². The predicted molar refractivity (Wildman–Crippen MR) is 94.9 cm³/mol. The number of carbonyl (C=O) groups is 2. The van der Waals surface area contributed by atoms with Gasteiger partial charge in [-0.3, -0.25) is 14.9 Å². The number of nitrogens with one attached hydrogen (secondary N) is 2. The maximum atomic E-state index is 12.3. The monoisotopic (exact) mass is 353 g/mol. The SMILES string of the molecule is C[C@H](OC(=O)c1c[nH]c2ccccc12)C(=O)Nc1cccc([N+](=O)[O-])c1. The number of esters is 1. The third-order valence-electron chi connectivity index (χ3n) is 3.79. The van der Waals surface area contributed by atoms with Gasteiger partial charge in [-0.1, -0.05) is 24.3 Å². The first-order chi connectivity index (χ1) is 12.5. The Balaban J connectivity index is 1.68. The minimum Gasteiger partial charge on any atom is -0.449 e. The Bertz CT molecular complexity index is 995. The van der Waals surface area contributed by atoms with Crippen molar-refractivity contribution >= 4 is 34.2 Å². The molecule has 0 unspecified atom stereocenters. The molecule has 132 valence electrons. The van der Waals surface area contributed by atoms with E-state index in [1.54, 1.807) is 12.1 Å². The number of ether oxygens (including phenoxy) is 1. The van der Waals surface area contributed by atoms with Crippen LogP contribution >= 0.6 is 0 Å². The highest BCUT2D eigenvalue weighted by atomic mass is 16.6. The zero-order chi connectivity index (χ0) is 18.7. The van der Waals surface area contributed by atoms with Crippen LogP contribution in [0.4, 0.5) is 11.4 Å². The number of nitro benzene ring substituents is 1. The zero-order valence-corrected chi connectivity index (χ0v) is 13.8. The maximum absolute atomic E-state index is 12.3. The standard InChI is InChI=1S/C18H15N3O5/c1-11(17(22)20-12-5-4-6-13(9-12)21(24)25)26-18(23)15-10-19-16-8-3-2-7-14(15)16/h2-11,19H,1H3,(H,20,22)/t11-/m0/s1. The van der Waals surface area contributed by atoms with E-state index in [2.05, 4.69) is 10.3 Å². The van der Waals surface area contributed by atoms with E-state index in [4.69, 9.17) is 4.74 Å². The molecule has 2 N–H and O–H groups in total. The molecular weight excluding hydrogens is 338 g/mol. The van der Waals surface area contributed by atoms with E-state index in [1.807, 2.05) is 12.1 Å². The number of hydrogen-bond acceptors (Lipinski definition) is 5. The van der Waals surface area contributed by atoms with Crippen molar-refractivity contribution in [3.63, 3.8) is 0 Å². The Hall–Kier alpha value is -3.68. The van der Waals surface area contributed by atoms with Crippen LogP contribution in [0.2, 0.25) is 0 Å². The molecule has 1 amide bonds. The number of nitro groups is 1. The molecule has 3 rings (SSSR count). The Morgan fingerprint density at radius 2 is 1.96 bits per heavy atom. The molecule has 8 heteroatoms. The first-order valence-corrected chi connectivity index (χ1v) is 7.78. The fourth-order valence-electron chi connectivity index (χ4n) is 2.46. The van der Waals surface area contributed by atoms with Gasteiger partial charge in [-0.2, -0.15) is 0 Å². The number of H-pyrrole nitrogens is 1. The number of rotatable bonds is 5. The fraction of sp³-hybridized carbons (Fsp3) is 0.111. The Labute approximate surface area is 147 Å². The molecule has 0 radical (unpaired) electrons. The van der Waals surface area contributed by atoms with Gasteiger partial charge in [0, 0.05) is 34.9 Å². The number of para-hydroxylation sites is 1. The summed E-state index contributed by atoms with van der Waals surface area (Å²) in [5.41, 5.74) is 1.22. The van der Waals surface area contributed by atoms with Crippen LogP contribution in [0.25, 0.3) is 10.9 Å². The Morgan fingerprint density at radius 1 is 1.19 bits per heavy atom. The predicted octanol–water partition coefficient (Wildman–Crippen LogP) is 3.26. The molecule has 0 saturated carbocycles. The smallest absolute Gasteiger partial charge is 0.341 e. The van der Waals surface area contributed by atoms with Crippen LogP contribution in [0, 0.1) is 10.1 Å². The maximum Gasteiger partial charge on any atom is 0.341 e. The van der Waals surface area contributed by atoms with Gasteiger partial charge in [-0.15, -0.1) is 0 Å². The summed E-state index contributed by atoms with van der Waals surface area (Å²) in [6, 6.07) is 12.7. The summed E-state index contributed by atoms with van der Waals surface area (Å²) >= 11 is 0. The van der Waals surface area contributed by atoms with Crippen LogP contribution < -0.4 is 5.32 Å². The molecule has 0 spiro atoms. The van der Waals surface area contributed by atoms with Gasteiger partial charge in [0.15, 0.2) is 6.10 Å². The molecule has 1 atom stereocenters. The quantitative estimate of drug-likeness (QED) is 0.415. The van der Waals surface area contributed by atoms with Crippen LogP contribution in [-0.4, -0.2) is 27.9 Å². The van der Waals surface area contributed by atoms with Gasteiger partial charge >= 0.3 is 5.97 Å². The van der Waals surface area contributed by atoms with Crippen molar-refractivity contribution in [2.75, 3.05) is 5.32 Å². The van der Waals surface area contributed by atoms with Crippen molar-refractivity contribution in [2.45, 2.75) is 13.0 Å². The number of benzene rings is 2. The van der Waals surface area contributed by atoms with E-state index in [1.165, 1.54) is 37.4 Å². The Morgan fingerprint density at radius 3 is 2.73 bits per heavy atom. The highest BCUT2D eigenvalue weighted by Crippen LogP contribution is 2.20. The molecule has 0 aliphatic rings. The van der Waals surface area contributed by atoms with Crippen molar-refractivity contribution in [3.8, 4) is 0 Å². The van der Waals surface area contributed by atoms with Crippen LogP contribution in [0.1, 0.15) is 17.3 Å². The van der Waals surface area contributed by atoms with E-state index >= 15 is 0 Å². The topological polar surface area (TPSA) is 114 Å². The van der Waals surface area contributed by atoms with E-state index in [-0.39, 0.29) is 11.4 Å².